The number of fused-ring (bicyclic) bond motifs is 1. The molecule has 1 aliphatic rings. The standard InChI is InChI=1S/C19H23N3O3/c1-13-6-7-20-16(10-13)11-14(2)22(3)19(23)21-15-4-5-17-18(12-15)25-9-8-24-17/h4-7,10,12,14H,8-9,11H2,1-3H3,(H,21,23). The summed E-state index contributed by atoms with van der Waals surface area (Å²) in [5.74, 6) is 1.36. The molecule has 2 heterocycles. The molecule has 1 aliphatic heterocycles. The number of amides is 2. The molecule has 2 amide bonds. The van der Waals surface area contributed by atoms with Gasteiger partial charge in [0.25, 0.3) is 0 Å². The van der Waals surface area contributed by atoms with Crippen LogP contribution in [0.15, 0.2) is 36.5 Å². The van der Waals surface area contributed by atoms with Crippen molar-refractivity contribution < 1.29 is 14.3 Å². The maximum atomic E-state index is 12.5. The van der Waals surface area contributed by atoms with Crippen LogP contribution in [0.25, 0.3) is 0 Å². The summed E-state index contributed by atoms with van der Waals surface area (Å²) in [6, 6.07) is 9.27. The summed E-state index contributed by atoms with van der Waals surface area (Å²) in [6.45, 7) is 5.11. The molecule has 6 nitrogen and oxygen atoms in total. The lowest BCUT2D eigenvalue weighted by Crippen LogP contribution is -2.39. The topological polar surface area (TPSA) is 63.7 Å². The quantitative estimate of drug-likeness (QED) is 0.927. The fourth-order valence-electron chi connectivity index (χ4n) is 2.68. The summed E-state index contributed by atoms with van der Waals surface area (Å²) in [5, 5.41) is 2.90. The first kappa shape index (κ1) is 17.1. The van der Waals surface area contributed by atoms with Crippen LogP contribution in [0.1, 0.15) is 18.2 Å². The zero-order valence-electron chi connectivity index (χ0n) is 14.8. The molecule has 0 saturated heterocycles. The molecule has 0 fully saturated rings. The van der Waals surface area contributed by atoms with Gasteiger partial charge in [-0.25, -0.2) is 4.79 Å². The van der Waals surface area contributed by atoms with Gasteiger partial charge in [0, 0.05) is 43.2 Å². The summed E-state index contributed by atoms with van der Waals surface area (Å²) in [5.41, 5.74) is 2.83. The number of rotatable bonds is 4. The highest BCUT2D eigenvalue weighted by Gasteiger charge is 2.18. The first-order valence-corrected chi connectivity index (χ1v) is 8.38. The molecule has 1 aromatic carbocycles. The third-order valence-electron chi connectivity index (χ3n) is 4.25. The van der Waals surface area contributed by atoms with E-state index in [2.05, 4.69) is 10.3 Å². The van der Waals surface area contributed by atoms with Gasteiger partial charge in [-0.15, -0.1) is 0 Å². The number of hydrogen-bond acceptors (Lipinski definition) is 4. The lowest BCUT2D eigenvalue weighted by molar-refractivity contribution is 0.171. The second kappa shape index (κ2) is 7.42. The van der Waals surface area contributed by atoms with E-state index in [9.17, 15) is 4.79 Å². The number of nitrogens with one attached hydrogen (secondary N) is 1. The zero-order chi connectivity index (χ0) is 17.8. The SMILES string of the molecule is Cc1ccnc(CC(C)N(C)C(=O)Nc2ccc3c(c2)OCCO3)c1. The minimum atomic E-state index is -0.170. The predicted molar refractivity (Wildman–Crippen MR) is 96.4 cm³/mol. The van der Waals surface area contributed by atoms with Crippen LogP contribution < -0.4 is 14.8 Å². The second-order valence-electron chi connectivity index (χ2n) is 6.28. The monoisotopic (exact) mass is 341 g/mol. The Balaban J connectivity index is 1.62. The number of carbonyl (C=O) groups is 1. The number of anilines is 1. The Morgan fingerprint density at radius 2 is 2.00 bits per heavy atom. The zero-order valence-corrected chi connectivity index (χ0v) is 14.8. The van der Waals surface area contributed by atoms with Crippen LogP contribution in [-0.4, -0.2) is 42.2 Å². The molecule has 2 aromatic rings. The molecule has 1 N–H and O–H groups in total. The number of aryl methyl sites for hydroxylation is 1. The highest BCUT2D eigenvalue weighted by molar-refractivity contribution is 5.89. The molecule has 1 aromatic heterocycles. The van der Waals surface area contributed by atoms with Crippen molar-refractivity contribution in [3.05, 3.63) is 47.8 Å². The number of aromatic nitrogens is 1. The van der Waals surface area contributed by atoms with E-state index >= 15 is 0 Å². The van der Waals surface area contributed by atoms with Crippen LogP contribution in [-0.2, 0) is 6.42 Å². The van der Waals surface area contributed by atoms with E-state index in [4.69, 9.17) is 9.47 Å². The van der Waals surface area contributed by atoms with Crippen LogP contribution in [0.2, 0.25) is 0 Å². The Kier molecular flexibility index (Phi) is 5.07. The Hall–Kier alpha value is -2.76. The van der Waals surface area contributed by atoms with Gasteiger partial charge in [0.2, 0.25) is 0 Å². The summed E-state index contributed by atoms with van der Waals surface area (Å²) in [4.78, 5) is 18.5. The Labute approximate surface area is 147 Å². The molecule has 6 heteroatoms. The normalized spacial score (nSPS) is 13.9. The highest BCUT2D eigenvalue weighted by atomic mass is 16.6. The van der Waals surface area contributed by atoms with Crippen molar-refractivity contribution in [1.29, 1.82) is 0 Å². The number of nitrogens with zero attached hydrogens (tertiary/aromatic N) is 2. The van der Waals surface area contributed by atoms with Gasteiger partial charge in [0.15, 0.2) is 11.5 Å². The smallest absolute Gasteiger partial charge is 0.321 e. The average Bonchev–Trinajstić information content (AvgIpc) is 2.61. The third kappa shape index (κ3) is 4.21. The number of likely N-dealkylation sites (N-methyl/N-ethyl adjacent to an activating group) is 1. The van der Waals surface area contributed by atoms with Gasteiger partial charge < -0.3 is 19.7 Å². The number of hydrogen-bond donors (Lipinski definition) is 1. The number of carbonyl (C=O) groups excluding carboxylic acids is 1. The Morgan fingerprint density at radius 1 is 1.24 bits per heavy atom. The number of pyridine rings is 1. The van der Waals surface area contributed by atoms with E-state index in [0.29, 0.717) is 36.8 Å². The largest absolute Gasteiger partial charge is 0.486 e. The van der Waals surface area contributed by atoms with Crippen molar-refractivity contribution >= 4 is 11.7 Å². The maximum absolute atomic E-state index is 12.5. The number of urea groups is 1. The molecule has 0 bridgehead atoms. The summed E-state index contributed by atoms with van der Waals surface area (Å²) in [6.07, 6.45) is 2.50. The molecule has 0 aliphatic carbocycles. The molecule has 132 valence electrons. The predicted octanol–water partition coefficient (Wildman–Crippen LogP) is 3.26. The van der Waals surface area contributed by atoms with E-state index in [1.807, 2.05) is 38.1 Å². The van der Waals surface area contributed by atoms with E-state index < -0.39 is 0 Å². The van der Waals surface area contributed by atoms with Gasteiger partial charge in [-0.3, -0.25) is 4.98 Å². The van der Waals surface area contributed by atoms with Crippen molar-refractivity contribution in [2.24, 2.45) is 0 Å². The molecule has 0 saturated carbocycles. The molecular weight excluding hydrogens is 318 g/mol. The second-order valence-corrected chi connectivity index (χ2v) is 6.28. The highest BCUT2D eigenvalue weighted by Crippen LogP contribution is 2.32. The molecule has 25 heavy (non-hydrogen) atoms. The summed E-state index contributed by atoms with van der Waals surface area (Å²) >= 11 is 0. The van der Waals surface area contributed by atoms with Crippen LogP contribution in [0, 0.1) is 6.92 Å². The summed E-state index contributed by atoms with van der Waals surface area (Å²) in [7, 11) is 1.79. The van der Waals surface area contributed by atoms with Crippen molar-refractivity contribution in [2.75, 3.05) is 25.6 Å². The molecule has 1 atom stereocenters. The van der Waals surface area contributed by atoms with Crippen molar-refractivity contribution in [1.82, 2.24) is 9.88 Å². The fourth-order valence-corrected chi connectivity index (χ4v) is 2.68. The minimum absolute atomic E-state index is 0.0199. The van der Waals surface area contributed by atoms with Gasteiger partial charge in [0.1, 0.15) is 13.2 Å². The van der Waals surface area contributed by atoms with E-state index in [-0.39, 0.29) is 12.1 Å². The molecule has 0 radical (unpaired) electrons. The van der Waals surface area contributed by atoms with Crippen LogP contribution in [0.4, 0.5) is 10.5 Å². The number of benzene rings is 1. The van der Waals surface area contributed by atoms with Crippen LogP contribution in [0.3, 0.4) is 0 Å². The van der Waals surface area contributed by atoms with Gasteiger partial charge in [-0.2, -0.15) is 0 Å². The third-order valence-corrected chi connectivity index (χ3v) is 4.25. The lowest BCUT2D eigenvalue weighted by atomic mass is 10.1. The van der Waals surface area contributed by atoms with Crippen molar-refractivity contribution in [3.63, 3.8) is 0 Å². The lowest BCUT2D eigenvalue weighted by Gasteiger charge is -2.25. The fraction of sp³-hybridized carbons (Fsp3) is 0.368. The summed E-state index contributed by atoms with van der Waals surface area (Å²) < 4.78 is 11.0. The molecular formula is C19H23N3O3. The first-order chi connectivity index (χ1) is 12.0. The van der Waals surface area contributed by atoms with E-state index in [0.717, 1.165) is 5.69 Å². The van der Waals surface area contributed by atoms with E-state index in [1.165, 1.54) is 5.56 Å². The minimum Gasteiger partial charge on any atom is -0.486 e. The van der Waals surface area contributed by atoms with Crippen molar-refractivity contribution in [2.45, 2.75) is 26.3 Å². The van der Waals surface area contributed by atoms with Gasteiger partial charge >= 0.3 is 6.03 Å². The van der Waals surface area contributed by atoms with Gasteiger partial charge in [-0.1, -0.05) is 0 Å². The van der Waals surface area contributed by atoms with Crippen LogP contribution in [0.5, 0.6) is 11.5 Å². The molecule has 0 spiro atoms. The molecule has 1 unspecified atom stereocenters. The first-order valence-electron chi connectivity index (χ1n) is 8.38. The van der Waals surface area contributed by atoms with Gasteiger partial charge in [0.05, 0.1) is 0 Å². The Bertz CT molecular complexity index is 763. The molecule has 3 rings (SSSR count). The average molecular weight is 341 g/mol. The maximum Gasteiger partial charge on any atom is 0.321 e. The van der Waals surface area contributed by atoms with Gasteiger partial charge in [-0.05, 0) is 43.7 Å². The van der Waals surface area contributed by atoms with E-state index in [1.54, 1.807) is 24.2 Å². The number of ether oxygens (including phenoxy) is 2. The van der Waals surface area contributed by atoms with Crippen LogP contribution >= 0.6 is 0 Å². The Morgan fingerprint density at radius 3 is 2.76 bits per heavy atom. The van der Waals surface area contributed by atoms with Crippen molar-refractivity contribution in [3.8, 4) is 11.5 Å².